The van der Waals surface area contributed by atoms with Crippen LogP contribution in [0.5, 0.6) is 0 Å². The number of halogens is 4. The Kier molecular flexibility index (Phi) is 3.81. The van der Waals surface area contributed by atoms with Crippen LogP contribution >= 0.6 is 11.6 Å². The second-order valence-corrected chi connectivity index (χ2v) is 6.10. The molecule has 3 nitrogen and oxygen atoms in total. The maximum absolute atomic E-state index is 13.9. The minimum atomic E-state index is -4.82. The van der Waals surface area contributed by atoms with Crippen LogP contribution in [-0.2, 0) is 15.1 Å². The number of anilines is 1. The van der Waals surface area contributed by atoms with Gasteiger partial charge in [0.15, 0.2) is 0 Å². The van der Waals surface area contributed by atoms with Gasteiger partial charge in [-0.15, -0.1) is 0 Å². The molecular formula is C16H13ClF3NO2. The summed E-state index contributed by atoms with van der Waals surface area (Å²) in [6, 6.07) is 3.88. The maximum atomic E-state index is 13.9. The van der Waals surface area contributed by atoms with Crippen LogP contribution in [-0.4, -0.2) is 18.2 Å². The van der Waals surface area contributed by atoms with Gasteiger partial charge in [0.05, 0.1) is 0 Å². The normalized spacial score (nSPS) is 27.3. The molecular weight excluding hydrogens is 331 g/mol. The fraction of sp³-hybridized carbons (Fsp3) is 0.438. The van der Waals surface area contributed by atoms with Crippen molar-refractivity contribution in [1.29, 1.82) is 0 Å². The summed E-state index contributed by atoms with van der Waals surface area (Å²) in [6.07, 6.45) is -4.59. The van der Waals surface area contributed by atoms with Crippen LogP contribution in [0.1, 0.15) is 25.3 Å². The van der Waals surface area contributed by atoms with Crippen LogP contribution in [0.4, 0.5) is 18.9 Å². The minimum absolute atomic E-state index is 0.00571. The van der Waals surface area contributed by atoms with Crippen LogP contribution in [0.15, 0.2) is 18.2 Å². The van der Waals surface area contributed by atoms with Crippen LogP contribution in [0.25, 0.3) is 0 Å². The number of nitrogens with one attached hydrogen (secondary N) is 1. The zero-order valence-corrected chi connectivity index (χ0v) is 12.9. The van der Waals surface area contributed by atoms with Gasteiger partial charge in [-0.1, -0.05) is 23.4 Å². The van der Waals surface area contributed by atoms with Crippen molar-refractivity contribution in [2.75, 3.05) is 5.32 Å². The lowest BCUT2D eigenvalue weighted by atomic mass is 9.91. The molecule has 23 heavy (non-hydrogen) atoms. The Balaban J connectivity index is 2.25. The topological polar surface area (TPSA) is 38.3 Å². The van der Waals surface area contributed by atoms with Gasteiger partial charge in [0.1, 0.15) is 6.10 Å². The number of hydrogen-bond acceptors (Lipinski definition) is 2. The Labute approximate surface area is 136 Å². The molecule has 1 aliphatic heterocycles. The first-order chi connectivity index (χ1) is 10.7. The number of carbonyl (C=O) groups is 1. The quantitative estimate of drug-likeness (QED) is 0.726. The van der Waals surface area contributed by atoms with E-state index in [9.17, 15) is 18.0 Å². The third-order valence-electron chi connectivity index (χ3n) is 3.77. The molecule has 2 atom stereocenters. The zero-order chi connectivity index (χ0) is 16.8. The van der Waals surface area contributed by atoms with Gasteiger partial charge < -0.3 is 10.1 Å². The predicted octanol–water partition coefficient (Wildman–Crippen LogP) is 3.87. The molecule has 0 saturated heterocycles. The van der Waals surface area contributed by atoms with Gasteiger partial charge in [0.2, 0.25) is 0 Å². The lowest BCUT2D eigenvalue weighted by Crippen LogP contribution is -2.46. The highest BCUT2D eigenvalue weighted by molar-refractivity contribution is 6.30. The van der Waals surface area contributed by atoms with E-state index in [2.05, 4.69) is 17.2 Å². The molecule has 1 aliphatic carbocycles. The SMILES string of the molecule is C[C@H]1O[C@](C#CC2CC2)(C(F)(F)F)c2cc(Cl)ccc2NC1=O. The van der Waals surface area contributed by atoms with E-state index < -0.39 is 23.8 Å². The molecule has 1 fully saturated rings. The Morgan fingerprint density at radius 1 is 1.39 bits per heavy atom. The van der Waals surface area contributed by atoms with E-state index in [1.807, 2.05) is 0 Å². The van der Waals surface area contributed by atoms with E-state index in [0.717, 1.165) is 18.9 Å². The molecule has 0 radical (unpaired) electrons. The molecule has 1 aromatic carbocycles. The highest BCUT2D eigenvalue weighted by Crippen LogP contribution is 2.48. The van der Waals surface area contributed by atoms with Crippen LogP contribution < -0.4 is 5.32 Å². The smallest absolute Gasteiger partial charge is 0.337 e. The molecule has 0 unspecified atom stereocenters. The number of amides is 1. The van der Waals surface area contributed by atoms with Gasteiger partial charge in [0, 0.05) is 22.2 Å². The Hall–Kier alpha value is -1.71. The molecule has 1 heterocycles. The first-order valence-electron chi connectivity index (χ1n) is 7.11. The molecule has 0 bridgehead atoms. The number of benzene rings is 1. The number of alkyl halides is 3. The Bertz CT molecular complexity index is 718. The number of carbonyl (C=O) groups excluding carboxylic acids is 1. The summed E-state index contributed by atoms with van der Waals surface area (Å²) in [5.41, 5.74) is -3.16. The van der Waals surface area contributed by atoms with Gasteiger partial charge in [-0.25, -0.2) is 0 Å². The number of ether oxygens (including phenoxy) is 1. The van der Waals surface area contributed by atoms with Crippen molar-refractivity contribution in [2.45, 2.75) is 37.6 Å². The van der Waals surface area contributed by atoms with Crippen LogP contribution in [0, 0.1) is 17.8 Å². The van der Waals surface area contributed by atoms with Crippen LogP contribution in [0.2, 0.25) is 5.02 Å². The molecule has 122 valence electrons. The average Bonchev–Trinajstić information content (AvgIpc) is 3.27. The molecule has 2 aliphatic rings. The lowest BCUT2D eigenvalue weighted by Gasteiger charge is -2.32. The highest BCUT2D eigenvalue weighted by Gasteiger charge is 2.60. The van der Waals surface area contributed by atoms with E-state index in [1.165, 1.54) is 19.1 Å². The van der Waals surface area contributed by atoms with E-state index in [1.54, 1.807) is 0 Å². The molecule has 0 aromatic heterocycles. The van der Waals surface area contributed by atoms with Gasteiger partial charge in [-0.3, -0.25) is 4.79 Å². The summed E-state index contributed by atoms with van der Waals surface area (Å²) in [4.78, 5) is 11.9. The average molecular weight is 344 g/mol. The fourth-order valence-electron chi connectivity index (χ4n) is 2.35. The number of rotatable bonds is 0. The summed E-state index contributed by atoms with van der Waals surface area (Å²) in [5, 5.41) is 2.55. The predicted molar refractivity (Wildman–Crippen MR) is 78.9 cm³/mol. The first-order valence-corrected chi connectivity index (χ1v) is 7.49. The van der Waals surface area contributed by atoms with E-state index in [-0.39, 0.29) is 22.2 Å². The molecule has 0 spiro atoms. The summed E-state index contributed by atoms with van der Waals surface area (Å²) in [7, 11) is 0. The largest absolute Gasteiger partial charge is 0.433 e. The summed E-state index contributed by atoms with van der Waals surface area (Å²) < 4.78 is 47.0. The standard InChI is InChI=1S/C16H13ClF3NO2/c1-9-14(22)21-13-5-4-11(17)8-12(13)15(23-9,16(18,19)20)7-6-10-2-3-10/h4-5,8-10H,2-3H2,1H3,(H,21,22)/t9-,15+/m1/s1. The van der Waals surface area contributed by atoms with E-state index >= 15 is 0 Å². The van der Waals surface area contributed by atoms with Crippen molar-refractivity contribution in [1.82, 2.24) is 0 Å². The van der Waals surface area contributed by atoms with Crippen molar-refractivity contribution in [2.24, 2.45) is 5.92 Å². The lowest BCUT2D eigenvalue weighted by molar-refractivity contribution is -0.266. The highest BCUT2D eigenvalue weighted by atomic mass is 35.5. The van der Waals surface area contributed by atoms with Crippen molar-refractivity contribution >= 4 is 23.2 Å². The summed E-state index contributed by atoms with van der Waals surface area (Å²) in [6.45, 7) is 1.27. The molecule has 1 N–H and O–H groups in total. The van der Waals surface area contributed by atoms with Gasteiger partial charge >= 0.3 is 6.18 Å². The van der Waals surface area contributed by atoms with Crippen molar-refractivity contribution < 1.29 is 22.7 Å². The van der Waals surface area contributed by atoms with Crippen molar-refractivity contribution in [3.05, 3.63) is 28.8 Å². The van der Waals surface area contributed by atoms with Crippen molar-refractivity contribution in [3.8, 4) is 11.8 Å². The molecule has 7 heteroatoms. The number of fused-ring (bicyclic) bond motifs is 1. The van der Waals surface area contributed by atoms with Gasteiger partial charge in [-0.05, 0) is 38.0 Å². The molecule has 1 amide bonds. The third kappa shape index (κ3) is 2.91. The molecule has 1 saturated carbocycles. The van der Waals surface area contributed by atoms with Gasteiger partial charge in [-0.2, -0.15) is 13.2 Å². The molecule has 3 rings (SSSR count). The summed E-state index contributed by atoms with van der Waals surface area (Å²) in [5.74, 6) is 4.17. The fourth-order valence-corrected chi connectivity index (χ4v) is 2.52. The third-order valence-corrected chi connectivity index (χ3v) is 4.01. The number of hydrogen-bond donors (Lipinski definition) is 1. The van der Waals surface area contributed by atoms with Crippen LogP contribution in [0.3, 0.4) is 0 Å². The first kappa shape index (κ1) is 16.2. The van der Waals surface area contributed by atoms with Crippen molar-refractivity contribution in [3.63, 3.8) is 0 Å². The Morgan fingerprint density at radius 3 is 2.70 bits per heavy atom. The molecule has 1 aromatic rings. The second-order valence-electron chi connectivity index (χ2n) is 5.66. The second kappa shape index (κ2) is 5.43. The Morgan fingerprint density at radius 2 is 2.09 bits per heavy atom. The summed E-state index contributed by atoms with van der Waals surface area (Å²) >= 11 is 5.87. The van der Waals surface area contributed by atoms with E-state index in [4.69, 9.17) is 16.3 Å². The maximum Gasteiger partial charge on any atom is 0.433 e. The van der Waals surface area contributed by atoms with Gasteiger partial charge in [0.25, 0.3) is 11.5 Å². The zero-order valence-electron chi connectivity index (χ0n) is 12.1. The van der Waals surface area contributed by atoms with E-state index in [0.29, 0.717) is 0 Å². The minimum Gasteiger partial charge on any atom is -0.337 e. The monoisotopic (exact) mass is 343 g/mol.